The van der Waals surface area contributed by atoms with E-state index in [2.05, 4.69) is 16.6 Å². The number of amides is 2. The number of nitrogens with one attached hydrogen (secondary N) is 2. The third-order valence-corrected chi connectivity index (χ3v) is 6.55. The van der Waals surface area contributed by atoms with Crippen LogP contribution in [0.2, 0.25) is 0 Å². The van der Waals surface area contributed by atoms with Crippen LogP contribution in [0.4, 0.5) is 17.1 Å². The molecular formula is C24H29N3O5S. The van der Waals surface area contributed by atoms with Crippen molar-refractivity contribution >= 4 is 38.9 Å². The summed E-state index contributed by atoms with van der Waals surface area (Å²) in [6.07, 6.45) is 2.73. The van der Waals surface area contributed by atoms with Crippen molar-refractivity contribution in [2.24, 2.45) is 5.41 Å². The summed E-state index contributed by atoms with van der Waals surface area (Å²) < 4.78 is 34.2. The molecule has 8 nitrogen and oxygen atoms in total. The molecule has 2 aromatic carbocycles. The maximum atomic E-state index is 13.0. The third-order valence-electron chi connectivity index (χ3n) is 5.15. The molecule has 176 valence electrons. The van der Waals surface area contributed by atoms with E-state index in [9.17, 15) is 18.0 Å². The summed E-state index contributed by atoms with van der Waals surface area (Å²) in [6.45, 7) is 9.70. The number of fused-ring (bicyclic) bond motifs is 1. The van der Waals surface area contributed by atoms with Gasteiger partial charge in [-0.2, -0.15) is 0 Å². The van der Waals surface area contributed by atoms with Crippen LogP contribution in [0.3, 0.4) is 0 Å². The zero-order valence-electron chi connectivity index (χ0n) is 19.1. The Bertz CT molecular complexity index is 1160. The molecule has 1 aliphatic heterocycles. The minimum atomic E-state index is -3.90. The van der Waals surface area contributed by atoms with E-state index >= 15 is 0 Å². The van der Waals surface area contributed by atoms with Crippen LogP contribution in [0.5, 0.6) is 5.75 Å². The standard InChI is InChI=1S/C24H29N3O5S/c1-5-7-22(28)25-17-8-11-19(12-9-17)33(30,31)26-18-10-13-21-20(15-18)27(14-6-2)23(29)24(3,4)16-32-21/h6,8-13,15,26H,2,5,7,14,16H2,1,3-4H3,(H,25,28). The number of nitrogens with zero attached hydrogens (tertiary/aromatic N) is 1. The molecule has 0 atom stereocenters. The van der Waals surface area contributed by atoms with Crippen LogP contribution in [-0.4, -0.2) is 33.4 Å². The number of anilines is 3. The van der Waals surface area contributed by atoms with E-state index in [1.165, 1.54) is 12.1 Å². The number of carbonyl (C=O) groups excluding carboxylic acids is 2. The molecule has 3 rings (SSSR count). The van der Waals surface area contributed by atoms with Crippen LogP contribution < -0.4 is 19.7 Å². The van der Waals surface area contributed by atoms with Gasteiger partial charge in [0, 0.05) is 18.7 Å². The largest absolute Gasteiger partial charge is 0.490 e. The van der Waals surface area contributed by atoms with Crippen molar-refractivity contribution in [3.8, 4) is 5.75 Å². The molecular weight excluding hydrogens is 442 g/mol. The highest BCUT2D eigenvalue weighted by atomic mass is 32.2. The Morgan fingerprint density at radius 2 is 1.85 bits per heavy atom. The molecule has 2 amide bonds. The van der Waals surface area contributed by atoms with Gasteiger partial charge in [-0.05, 0) is 62.7 Å². The number of rotatable bonds is 8. The second kappa shape index (κ2) is 9.66. The van der Waals surface area contributed by atoms with Gasteiger partial charge in [0.2, 0.25) is 11.8 Å². The number of hydrogen-bond acceptors (Lipinski definition) is 5. The summed E-state index contributed by atoms with van der Waals surface area (Å²) in [6, 6.07) is 10.7. The fourth-order valence-corrected chi connectivity index (χ4v) is 4.45. The van der Waals surface area contributed by atoms with Gasteiger partial charge in [0.15, 0.2) is 0 Å². The number of sulfonamides is 1. The highest BCUT2D eigenvalue weighted by molar-refractivity contribution is 7.92. The van der Waals surface area contributed by atoms with Crippen LogP contribution in [-0.2, 0) is 19.6 Å². The molecule has 2 aromatic rings. The lowest BCUT2D eigenvalue weighted by Crippen LogP contribution is -2.42. The highest BCUT2D eigenvalue weighted by Gasteiger charge is 2.37. The smallest absolute Gasteiger partial charge is 0.261 e. The van der Waals surface area contributed by atoms with Gasteiger partial charge in [-0.1, -0.05) is 13.0 Å². The van der Waals surface area contributed by atoms with Crippen molar-refractivity contribution in [2.45, 2.75) is 38.5 Å². The summed E-state index contributed by atoms with van der Waals surface area (Å²) in [5, 5.41) is 2.73. The zero-order chi connectivity index (χ0) is 24.2. The number of carbonyl (C=O) groups is 2. The van der Waals surface area contributed by atoms with Gasteiger partial charge in [-0.25, -0.2) is 8.42 Å². The zero-order valence-corrected chi connectivity index (χ0v) is 19.9. The lowest BCUT2D eigenvalue weighted by atomic mass is 9.93. The molecule has 2 N–H and O–H groups in total. The quantitative estimate of drug-likeness (QED) is 0.563. The van der Waals surface area contributed by atoms with Crippen LogP contribution in [0, 0.1) is 5.41 Å². The third kappa shape index (κ3) is 5.54. The van der Waals surface area contributed by atoms with Gasteiger partial charge in [0.1, 0.15) is 12.4 Å². The molecule has 1 heterocycles. The van der Waals surface area contributed by atoms with Gasteiger partial charge in [0.25, 0.3) is 10.0 Å². The van der Waals surface area contributed by atoms with E-state index in [1.54, 1.807) is 55.2 Å². The average molecular weight is 472 g/mol. The molecule has 0 saturated carbocycles. The molecule has 0 spiro atoms. The summed E-state index contributed by atoms with van der Waals surface area (Å²) in [5.74, 6) is 0.230. The molecule has 33 heavy (non-hydrogen) atoms. The molecule has 0 bridgehead atoms. The van der Waals surface area contributed by atoms with E-state index in [0.29, 0.717) is 29.2 Å². The van der Waals surface area contributed by atoms with Gasteiger partial charge >= 0.3 is 0 Å². The second-order valence-electron chi connectivity index (χ2n) is 8.49. The Labute approximate surface area is 194 Å². The van der Waals surface area contributed by atoms with Crippen LogP contribution in [0.1, 0.15) is 33.6 Å². The second-order valence-corrected chi connectivity index (χ2v) is 10.2. The fraction of sp³-hybridized carbons (Fsp3) is 0.333. The summed E-state index contributed by atoms with van der Waals surface area (Å²) >= 11 is 0. The minimum Gasteiger partial charge on any atom is -0.490 e. The summed E-state index contributed by atoms with van der Waals surface area (Å²) in [4.78, 5) is 26.3. The lowest BCUT2D eigenvalue weighted by Gasteiger charge is -2.27. The maximum absolute atomic E-state index is 13.0. The van der Waals surface area contributed by atoms with Crippen molar-refractivity contribution < 1.29 is 22.7 Å². The molecule has 0 aliphatic carbocycles. The van der Waals surface area contributed by atoms with Gasteiger partial charge in [0.05, 0.1) is 21.7 Å². The maximum Gasteiger partial charge on any atom is 0.261 e. The van der Waals surface area contributed by atoms with Crippen molar-refractivity contribution in [3.63, 3.8) is 0 Å². The summed E-state index contributed by atoms with van der Waals surface area (Å²) in [7, 11) is -3.90. The van der Waals surface area contributed by atoms with Crippen LogP contribution in [0.15, 0.2) is 60.0 Å². The first-order valence-electron chi connectivity index (χ1n) is 10.7. The minimum absolute atomic E-state index is 0.0438. The molecule has 0 fully saturated rings. The average Bonchev–Trinajstić information content (AvgIpc) is 2.84. The molecule has 0 saturated heterocycles. The van der Waals surface area contributed by atoms with E-state index in [1.807, 2.05) is 6.92 Å². The van der Waals surface area contributed by atoms with E-state index < -0.39 is 15.4 Å². The van der Waals surface area contributed by atoms with Gasteiger partial charge in [-0.3, -0.25) is 14.3 Å². The summed E-state index contributed by atoms with van der Waals surface area (Å²) in [5.41, 5.74) is 0.547. The Hall–Kier alpha value is -3.33. The fourth-order valence-electron chi connectivity index (χ4n) is 3.40. The Morgan fingerprint density at radius 1 is 1.18 bits per heavy atom. The van der Waals surface area contributed by atoms with Crippen LogP contribution in [0.25, 0.3) is 0 Å². The first kappa shape index (κ1) is 24.3. The monoisotopic (exact) mass is 471 g/mol. The molecule has 1 aliphatic rings. The predicted molar refractivity (Wildman–Crippen MR) is 129 cm³/mol. The molecule has 0 aromatic heterocycles. The number of benzene rings is 2. The van der Waals surface area contributed by atoms with Crippen molar-refractivity contribution in [2.75, 3.05) is 28.1 Å². The van der Waals surface area contributed by atoms with Crippen molar-refractivity contribution in [1.82, 2.24) is 0 Å². The SMILES string of the molecule is C=CCN1C(=O)C(C)(C)COc2ccc(NS(=O)(=O)c3ccc(NC(=O)CCC)cc3)cc21. The Morgan fingerprint density at radius 3 is 2.48 bits per heavy atom. The molecule has 0 radical (unpaired) electrons. The highest BCUT2D eigenvalue weighted by Crippen LogP contribution is 2.38. The van der Waals surface area contributed by atoms with Crippen molar-refractivity contribution in [3.05, 3.63) is 55.1 Å². The van der Waals surface area contributed by atoms with Gasteiger partial charge in [-0.15, -0.1) is 6.58 Å². The lowest BCUT2D eigenvalue weighted by molar-refractivity contribution is -0.127. The number of hydrogen-bond donors (Lipinski definition) is 2. The Balaban J connectivity index is 1.85. The first-order chi connectivity index (χ1) is 15.6. The van der Waals surface area contributed by atoms with Gasteiger partial charge < -0.3 is 15.0 Å². The first-order valence-corrected chi connectivity index (χ1v) is 12.2. The van der Waals surface area contributed by atoms with E-state index in [4.69, 9.17) is 4.74 Å². The molecule has 0 unspecified atom stereocenters. The van der Waals surface area contributed by atoms with E-state index in [-0.39, 0.29) is 29.9 Å². The number of ether oxygens (including phenoxy) is 1. The van der Waals surface area contributed by atoms with Crippen molar-refractivity contribution in [1.29, 1.82) is 0 Å². The normalized spacial score (nSPS) is 15.1. The Kier molecular flexibility index (Phi) is 7.12. The van der Waals surface area contributed by atoms with Crippen LogP contribution >= 0.6 is 0 Å². The predicted octanol–water partition coefficient (Wildman–Crippen LogP) is 4.16. The molecule has 9 heteroatoms. The topological polar surface area (TPSA) is 105 Å². The van der Waals surface area contributed by atoms with E-state index in [0.717, 1.165) is 6.42 Å².